The van der Waals surface area contributed by atoms with Crippen LogP contribution in [-0.4, -0.2) is 19.1 Å². The van der Waals surface area contributed by atoms with E-state index in [1.807, 2.05) is 12.2 Å². The quantitative estimate of drug-likeness (QED) is 0.676. The van der Waals surface area contributed by atoms with Gasteiger partial charge in [0.05, 0.1) is 7.11 Å². The van der Waals surface area contributed by atoms with Gasteiger partial charge >= 0.3 is 6.09 Å². The lowest BCUT2D eigenvalue weighted by molar-refractivity contribution is 0.0937. The molecule has 0 spiro atoms. The molecule has 5 nitrogen and oxygen atoms in total. The average Bonchev–Trinajstić information content (AvgIpc) is 2.21. The number of carbonyl (C=O) groups is 2. The molecule has 5 heteroatoms. The van der Waals surface area contributed by atoms with Crippen LogP contribution in [0.25, 0.3) is 0 Å². The van der Waals surface area contributed by atoms with Crippen molar-refractivity contribution in [2.45, 2.75) is 6.92 Å². The van der Waals surface area contributed by atoms with Crippen LogP contribution in [0.1, 0.15) is 15.9 Å². The number of benzene rings is 1. The highest BCUT2D eigenvalue weighted by Crippen LogP contribution is 2.12. The average molecular weight is 208 g/mol. The minimum Gasteiger partial charge on any atom is -0.453 e. The molecule has 0 bridgehead atoms. The molecule has 3 N–H and O–H groups in total. The second kappa shape index (κ2) is 4.45. The third kappa shape index (κ3) is 2.70. The summed E-state index contributed by atoms with van der Waals surface area (Å²) in [5, 5.41) is 2.04. The molecule has 15 heavy (non-hydrogen) atoms. The maximum absolute atomic E-state index is 11.4. The van der Waals surface area contributed by atoms with Gasteiger partial charge in [-0.05, 0) is 24.6 Å². The number of aryl methyl sites for hydroxylation is 1. The van der Waals surface area contributed by atoms with Crippen molar-refractivity contribution in [3.63, 3.8) is 0 Å². The monoisotopic (exact) mass is 208 g/mol. The normalized spacial score (nSPS) is 9.47. The Morgan fingerprint density at radius 2 is 2.07 bits per heavy atom. The predicted octanol–water partition coefficient (Wildman–Crippen LogP) is 1.07. The Labute approximate surface area is 87.2 Å². The van der Waals surface area contributed by atoms with Crippen molar-refractivity contribution in [3.8, 4) is 0 Å². The van der Waals surface area contributed by atoms with Gasteiger partial charge < -0.3 is 10.5 Å². The van der Waals surface area contributed by atoms with Crippen LogP contribution in [0.15, 0.2) is 18.2 Å². The van der Waals surface area contributed by atoms with Crippen molar-refractivity contribution in [2.24, 2.45) is 0 Å². The Bertz CT molecular complexity index is 402. The van der Waals surface area contributed by atoms with Crippen molar-refractivity contribution in [3.05, 3.63) is 29.3 Å². The SMILES string of the molecule is COC(=O)NC(=O)c1ccc(C)c(N)c1. The third-order valence-corrected chi connectivity index (χ3v) is 1.94. The molecule has 0 saturated heterocycles. The molecule has 0 fully saturated rings. The number of alkyl carbamates (subject to hydrolysis) is 1. The van der Waals surface area contributed by atoms with Gasteiger partial charge in [-0.2, -0.15) is 0 Å². The molecule has 1 aromatic rings. The minimum atomic E-state index is -0.792. The lowest BCUT2D eigenvalue weighted by Crippen LogP contribution is -2.30. The number of methoxy groups -OCH3 is 1. The van der Waals surface area contributed by atoms with Crippen LogP contribution < -0.4 is 11.1 Å². The first-order valence-corrected chi connectivity index (χ1v) is 4.30. The molecule has 0 atom stereocenters. The largest absolute Gasteiger partial charge is 0.453 e. The van der Waals surface area contributed by atoms with E-state index >= 15 is 0 Å². The van der Waals surface area contributed by atoms with Crippen molar-refractivity contribution in [2.75, 3.05) is 12.8 Å². The van der Waals surface area contributed by atoms with Gasteiger partial charge in [0.25, 0.3) is 5.91 Å². The van der Waals surface area contributed by atoms with E-state index in [0.717, 1.165) is 5.56 Å². The molecule has 1 rings (SSSR count). The van der Waals surface area contributed by atoms with Gasteiger partial charge in [-0.25, -0.2) is 4.79 Å². The fourth-order valence-electron chi connectivity index (χ4n) is 0.998. The standard InChI is InChI=1S/C10H12N2O3/c1-6-3-4-7(5-8(6)11)9(13)12-10(14)15-2/h3-5H,11H2,1-2H3,(H,12,13,14). The summed E-state index contributed by atoms with van der Waals surface area (Å²) in [6, 6.07) is 4.80. The number of nitrogen functional groups attached to an aromatic ring is 1. The van der Waals surface area contributed by atoms with Crippen molar-refractivity contribution < 1.29 is 14.3 Å². The number of rotatable bonds is 1. The maximum Gasteiger partial charge on any atom is 0.413 e. The number of anilines is 1. The van der Waals surface area contributed by atoms with Gasteiger partial charge in [-0.15, -0.1) is 0 Å². The number of carbonyl (C=O) groups excluding carboxylic acids is 2. The summed E-state index contributed by atoms with van der Waals surface area (Å²) in [6.07, 6.45) is -0.792. The van der Waals surface area contributed by atoms with Crippen LogP contribution in [0.5, 0.6) is 0 Å². The smallest absolute Gasteiger partial charge is 0.413 e. The number of hydrogen-bond acceptors (Lipinski definition) is 4. The molecule has 2 amide bonds. The summed E-state index contributed by atoms with van der Waals surface area (Å²) in [5.74, 6) is -0.534. The van der Waals surface area contributed by atoms with Crippen LogP contribution in [0.3, 0.4) is 0 Å². The molecule has 0 aliphatic carbocycles. The zero-order valence-corrected chi connectivity index (χ0v) is 8.53. The first-order chi connectivity index (χ1) is 7.04. The summed E-state index contributed by atoms with van der Waals surface area (Å²) in [4.78, 5) is 22.2. The summed E-state index contributed by atoms with van der Waals surface area (Å²) < 4.78 is 4.29. The first-order valence-electron chi connectivity index (χ1n) is 4.30. The molecule has 0 radical (unpaired) electrons. The van der Waals surface area contributed by atoms with Crippen molar-refractivity contribution in [1.82, 2.24) is 5.32 Å². The topological polar surface area (TPSA) is 81.4 Å². The molecule has 0 saturated carbocycles. The molecule has 80 valence electrons. The van der Waals surface area contributed by atoms with E-state index < -0.39 is 12.0 Å². The number of hydrogen-bond donors (Lipinski definition) is 2. The summed E-state index contributed by atoms with van der Waals surface area (Å²) in [6.45, 7) is 1.83. The maximum atomic E-state index is 11.4. The Balaban J connectivity index is 2.83. The van der Waals surface area contributed by atoms with Gasteiger partial charge in [0.2, 0.25) is 0 Å². The molecule has 0 unspecified atom stereocenters. The lowest BCUT2D eigenvalue weighted by Gasteiger charge is -2.04. The number of nitrogens with one attached hydrogen (secondary N) is 1. The fraction of sp³-hybridized carbons (Fsp3) is 0.200. The molecule has 0 aliphatic heterocycles. The number of nitrogens with two attached hydrogens (primary N) is 1. The molecule has 0 aromatic heterocycles. The van der Waals surface area contributed by atoms with E-state index in [-0.39, 0.29) is 0 Å². The zero-order chi connectivity index (χ0) is 11.4. The van der Waals surface area contributed by atoms with E-state index in [1.165, 1.54) is 13.2 Å². The number of ether oxygens (including phenoxy) is 1. The highest BCUT2D eigenvalue weighted by atomic mass is 16.5. The van der Waals surface area contributed by atoms with Crippen LogP contribution in [0, 0.1) is 6.92 Å². The van der Waals surface area contributed by atoms with Crippen molar-refractivity contribution in [1.29, 1.82) is 0 Å². The van der Waals surface area contributed by atoms with E-state index in [2.05, 4.69) is 4.74 Å². The Kier molecular flexibility index (Phi) is 3.28. The van der Waals surface area contributed by atoms with Gasteiger partial charge in [0, 0.05) is 11.3 Å². The van der Waals surface area contributed by atoms with E-state index in [1.54, 1.807) is 12.1 Å². The zero-order valence-electron chi connectivity index (χ0n) is 8.53. The van der Waals surface area contributed by atoms with Crippen LogP contribution >= 0.6 is 0 Å². The number of imide groups is 1. The van der Waals surface area contributed by atoms with Crippen LogP contribution in [-0.2, 0) is 4.74 Å². The van der Waals surface area contributed by atoms with Crippen LogP contribution in [0.2, 0.25) is 0 Å². The van der Waals surface area contributed by atoms with Gasteiger partial charge in [-0.3, -0.25) is 10.1 Å². The molecule has 1 aromatic carbocycles. The molecule has 0 aliphatic rings. The van der Waals surface area contributed by atoms with E-state index in [0.29, 0.717) is 11.3 Å². The lowest BCUT2D eigenvalue weighted by atomic mass is 10.1. The van der Waals surface area contributed by atoms with Crippen LogP contribution in [0.4, 0.5) is 10.5 Å². The van der Waals surface area contributed by atoms with Gasteiger partial charge in [-0.1, -0.05) is 6.07 Å². The summed E-state index contributed by atoms with van der Waals surface area (Å²) >= 11 is 0. The Morgan fingerprint density at radius 1 is 1.40 bits per heavy atom. The van der Waals surface area contributed by atoms with E-state index in [4.69, 9.17) is 5.73 Å². The molecule has 0 heterocycles. The second-order valence-electron chi connectivity index (χ2n) is 3.02. The highest BCUT2D eigenvalue weighted by molar-refractivity contribution is 6.03. The Hall–Kier alpha value is -2.04. The summed E-state index contributed by atoms with van der Waals surface area (Å²) in [5.41, 5.74) is 7.33. The first kappa shape index (κ1) is 11.0. The summed E-state index contributed by atoms with van der Waals surface area (Å²) in [7, 11) is 1.19. The van der Waals surface area contributed by atoms with Crippen molar-refractivity contribution >= 4 is 17.7 Å². The third-order valence-electron chi connectivity index (χ3n) is 1.94. The molecular weight excluding hydrogens is 196 g/mol. The Morgan fingerprint density at radius 3 is 2.60 bits per heavy atom. The fourth-order valence-corrected chi connectivity index (χ4v) is 0.998. The number of amides is 2. The minimum absolute atomic E-state index is 0.323. The van der Waals surface area contributed by atoms with Gasteiger partial charge in [0.15, 0.2) is 0 Å². The second-order valence-corrected chi connectivity index (χ2v) is 3.02. The van der Waals surface area contributed by atoms with Gasteiger partial charge in [0.1, 0.15) is 0 Å². The predicted molar refractivity (Wildman–Crippen MR) is 55.5 cm³/mol. The molecular formula is C10H12N2O3. The highest BCUT2D eigenvalue weighted by Gasteiger charge is 2.10. The van der Waals surface area contributed by atoms with E-state index in [9.17, 15) is 9.59 Å².